The van der Waals surface area contributed by atoms with E-state index in [-0.39, 0.29) is 17.9 Å². The van der Waals surface area contributed by atoms with Crippen LogP contribution in [-0.2, 0) is 14.4 Å². The summed E-state index contributed by atoms with van der Waals surface area (Å²) in [4.78, 5) is 46.2. The van der Waals surface area contributed by atoms with E-state index in [1.165, 1.54) is 36.4 Å². The van der Waals surface area contributed by atoms with E-state index in [0.717, 1.165) is 0 Å². The third-order valence-corrected chi connectivity index (χ3v) is 3.65. The summed E-state index contributed by atoms with van der Waals surface area (Å²) < 4.78 is 18.8. The molecule has 1 aliphatic rings. The van der Waals surface area contributed by atoms with Gasteiger partial charge in [-0.15, -0.1) is 0 Å². The molecule has 1 saturated heterocycles. The van der Waals surface area contributed by atoms with Crippen molar-refractivity contribution in [3.05, 3.63) is 65.5 Å². The molecule has 1 aliphatic heterocycles. The number of halogens is 1. The van der Waals surface area contributed by atoms with Gasteiger partial charge in [0.25, 0.3) is 17.7 Å². The van der Waals surface area contributed by atoms with Crippen molar-refractivity contribution in [2.24, 2.45) is 0 Å². The third kappa shape index (κ3) is 4.58. The number of nitrogens with one attached hydrogen (secondary N) is 3. The van der Waals surface area contributed by atoms with Crippen LogP contribution in [0.5, 0.6) is 5.75 Å². The van der Waals surface area contributed by atoms with Crippen LogP contribution < -0.4 is 20.7 Å². The van der Waals surface area contributed by atoms with E-state index in [9.17, 15) is 23.6 Å². The van der Waals surface area contributed by atoms with Crippen LogP contribution in [0.2, 0.25) is 0 Å². The number of imide groups is 2. The molecule has 0 bridgehead atoms. The molecule has 0 saturated carbocycles. The Morgan fingerprint density at radius 1 is 1.00 bits per heavy atom. The molecule has 3 rings (SSSR count). The molecule has 2 aromatic carbocycles. The fraction of sp³-hybridized carbons (Fsp3) is 0.0526. The van der Waals surface area contributed by atoms with Crippen LogP contribution in [0.15, 0.2) is 54.1 Å². The zero-order valence-electron chi connectivity index (χ0n) is 14.3. The van der Waals surface area contributed by atoms with Crippen molar-refractivity contribution in [2.75, 3.05) is 11.9 Å². The molecule has 0 spiro atoms. The lowest BCUT2D eigenvalue weighted by atomic mass is 10.1. The van der Waals surface area contributed by atoms with Crippen LogP contribution in [0, 0.1) is 5.82 Å². The molecule has 3 N–H and O–H groups in total. The topological polar surface area (TPSA) is 114 Å². The van der Waals surface area contributed by atoms with Gasteiger partial charge in [0.2, 0.25) is 0 Å². The number of benzene rings is 2. The number of rotatable bonds is 5. The van der Waals surface area contributed by atoms with Gasteiger partial charge in [-0.05, 0) is 35.9 Å². The first-order chi connectivity index (χ1) is 13.4. The first-order valence-corrected chi connectivity index (χ1v) is 8.08. The quantitative estimate of drug-likeness (QED) is 0.536. The monoisotopic (exact) mass is 383 g/mol. The van der Waals surface area contributed by atoms with Crippen molar-refractivity contribution >= 4 is 35.5 Å². The van der Waals surface area contributed by atoms with Crippen LogP contribution >= 0.6 is 0 Å². The summed E-state index contributed by atoms with van der Waals surface area (Å²) in [6, 6.07) is 11.1. The largest absolute Gasteiger partial charge is 0.484 e. The minimum absolute atomic E-state index is 0.0561. The predicted octanol–water partition coefficient (Wildman–Crippen LogP) is 1.59. The smallest absolute Gasteiger partial charge is 0.328 e. The Morgan fingerprint density at radius 3 is 2.29 bits per heavy atom. The minimum Gasteiger partial charge on any atom is -0.484 e. The van der Waals surface area contributed by atoms with Gasteiger partial charge in [0.1, 0.15) is 17.1 Å². The van der Waals surface area contributed by atoms with E-state index in [2.05, 4.69) is 5.32 Å². The number of carbonyl (C=O) groups excluding carboxylic acids is 4. The first kappa shape index (κ1) is 18.8. The van der Waals surface area contributed by atoms with Gasteiger partial charge in [-0.2, -0.15) is 0 Å². The second-order valence-electron chi connectivity index (χ2n) is 5.68. The normalized spacial score (nSPS) is 13.5. The van der Waals surface area contributed by atoms with Crippen molar-refractivity contribution in [2.45, 2.75) is 0 Å². The zero-order chi connectivity index (χ0) is 20.1. The number of hydrogen-bond acceptors (Lipinski definition) is 5. The molecule has 28 heavy (non-hydrogen) atoms. The highest BCUT2D eigenvalue weighted by Gasteiger charge is 2.27. The molecule has 142 valence electrons. The van der Waals surface area contributed by atoms with Gasteiger partial charge < -0.3 is 10.1 Å². The summed E-state index contributed by atoms with van der Waals surface area (Å²) in [5.41, 5.74) is 0.357. The predicted molar refractivity (Wildman–Crippen MR) is 96.6 cm³/mol. The van der Waals surface area contributed by atoms with E-state index in [4.69, 9.17) is 4.74 Å². The van der Waals surface area contributed by atoms with E-state index in [0.29, 0.717) is 11.3 Å². The van der Waals surface area contributed by atoms with Crippen LogP contribution in [0.25, 0.3) is 6.08 Å². The second kappa shape index (κ2) is 8.12. The zero-order valence-corrected chi connectivity index (χ0v) is 14.3. The summed E-state index contributed by atoms with van der Waals surface area (Å²) >= 11 is 0. The van der Waals surface area contributed by atoms with Crippen molar-refractivity contribution in [3.63, 3.8) is 0 Å². The Hall–Kier alpha value is -4.01. The van der Waals surface area contributed by atoms with Crippen LogP contribution in [0.1, 0.15) is 5.56 Å². The van der Waals surface area contributed by atoms with Gasteiger partial charge in [0.15, 0.2) is 6.61 Å². The number of carbonyl (C=O) groups is 4. The maximum absolute atomic E-state index is 13.5. The fourth-order valence-corrected chi connectivity index (χ4v) is 2.33. The number of ether oxygens (including phenoxy) is 1. The Balaban J connectivity index is 1.59. The summed E-state index contributed by atoms with van der Waals surface area (Å²) in [6.45, 7) is -0.332. The molecule has 0 aliphatic carbocycles. The van der Waals surface area contributed by atoms with E-state index in [1.807, 2.05) is 10.6 Å². The summed E-state index contributed by atoms with van der Waals surface area (Å²) in [7, 11) is 0. The Morgan fingerprint density at radius 2 is 1.64 bits per heavy atom. The standard InChI is InChI=1S/C19H14FN3O5/c20-14-3-1-2-4-15(14)21-16(24)10-28-12-7-5-11(6-8-12)9-13-17(25)22-19(27)23-18(13)26/h1-9H,10H2,(H,21,24)(H2,22,23,25,26,27). The van der Waals surface area contributed by atoms with Crippen LogP contribution in [-0.4, -0.2) is 30.4 Å². The fourth-order valence-electron chi connectivity index (χ4n) is 2.33. The lowest BCUT2D eigenvalue weighted by Crippen LogP contribution is -2.51. The van der Waals surface area contributed by atoms with Gasteiger partial charge in [0, 0.05) is 0 Å². The lowest BCUT2D eigenvalue weighted by Gasteiger charge is -2.14. The second-order valence-corrected chi connectivity index (χ2v) is 5.68. The third-order valence-electron chi connectivity index (χ3n) is 3.65. The molecule has 9 heteroatoms. The van der Waals surface area contributed by atoms with Gasteiger partial charge in [-0.3, -0.25) is 25.0 Å². The lowest BCUT2D eigenvalue weighted by molar-refractivity contribution is -0.124. The van der Waals surface area contributed by atoms with Crippen molar-refractivity contribution < 1.29 is 28.3 Å². The van der Waals surface area contributed by atoms with Gasteiger partial charge >= 0.3 is 6.03 Å². The summed E-state index contributed by atoms with van der Waals surface area (Å²) in [6.07, 6.45) is 1.31. The van der Waals surface area contributed by atoms with Gasteiger partial charge in [-0.1, -0.05) is 24.3 Å². The maximum Gasteiger partial charge on any atom is 0.328 e. The minimum atomic E-state index is -0.871. The average Bonchev–Trinajstić information content (AvgIpc) is 2.66. The molecule has 1 fully saturated rings. The molecule has 0 radical (unpaired) electrons. The number of barbiturate groups is 1. The molecule has 0 atom stereocenters. The van der Waals surface area contributed by atoms with Gasteiger partial charge in [0.05, 0.1) is 5.69 Å². The molecule has 8 nitrogen and oxygen atoms in total. The molecule has 0 unspecified atom stereocenters. The Bertz CT molecular complexity index is 963. The molecular weight excluding hydrogens is 369 g/mol. The van der Waals surface area contributed by atoms with Crippen LogP contribution in [0.4, 0.5) is 14.9 Å². The SMILES string of the molecule is O=C(COc1ccc(C=C2C(=O)NC(=O)NC2=O)cc1)Nc1ccccc1F. The van der Waals surface area contributed by atoms with E-state index >= 15 is 0 Å². The van der Waals surface area contributed by atoms with Crippen molar-refractivity contribution in [3.8, 4) is 5.75 Å². The van der Waals surface area contributed by atoms with E-state index < -0.39 is 29.6 Å². The number of amides is 5. The van der Waals surface area contributed by atoms with Crippen molar-refractivity contribution in [1.82, 2.24) is 10.6 Å². The number of urea groups is 1. The molecule has 1 heterocycles. The highest BCUT2D eigenvalue weighted by atomic mass is 19.1. The Kier molecular flexibility index (Phi) is 5.45. The summed E-state index contributed by atoms with van der Waals surface area (Å²) in [5.74, 6) is -2.31. The molecule has 5 amide bonds. The number of anilines is 1. The average molecular weight is 383 g/mol. The maximum atomic E-state index is 13.5. The first-order valence-electron chi connectivity index (χ1n) is 8.08. The van der Waals surface area contributed by atoms with Gasteiger partial charge in [-0.25, -0.2) is 9.18 Å². The summed E-state index contributed by atoms with van der Waals surface area (Å²) in [5, 5.41) is 6.34. The molecule has 2 aromatic rings. The number of hydrogen-bond donors (Lipinski definition) is 3. The highest BCUT2D eigenvalue weighted by Crippen LogP contribution is 2.16. The Labute approximate surface area is 158 Å². The molecular formula is C19H14FN3O5. The van der Waals surface area contributed by atoms with Crippen molar-refractivity contribution in [1.29, 1.82) is 0 Å². The van der Waals surface area contributed by atoms with Crippen LogP contribution in [0.3, 0.4) is 0 Å². The highest BCUT2D eigenvalue weighted by molar-refractivity contribution is 6.31. The van der Waals surface area contributed by atoms with E-state index in [1.54, 1.807) is 18.2 Å². The number of para-hydroxylation sites is 1. The molecule has 0 aromatic heterocycles.